The number of H-pyrrole nitrogens is 1. The van der Waals surface area contributed by atoms with Crippen LogP contribution in [0.15, 0.2) is 24.3 Å². The van der Waals surface area contributed by atoms with Crippen LogP contribution in [0.3, 0.4) is 0 Å². The molecule has 1 aliphatic rings. The number of hydrogen-bond acceptors (Lipinski definition) is 1. The zero-order valence-corrected chi connectivity index (χ0v) is 8.16. The Kier molecular flexibility index (Phi) is 1.63. The molecule has 0 bridgehead atoms. The van der Waals surface area contributed by atoms with Gasteiger partial charge in [0.05, 0.1) is 0 Å². The lowest BCUT2D eigenvalue weighted by molar-refractivity contribution is 0.0691. The zero-order valence-electron chi connectivity index (χ0n) is 8.16. The molecule has 76 valence electrons. The molecule has 3 heteroatoms. The number of carboxylic acid groups (broad SMARTS) is 1. The number of aromatic carboxylic acids is 1. The van der Waals surface area contributed by atoms with E-state index in [1.54, 1.807) is 6.07 Å². The highest BCUT2D eigenvalue weighted by Crippen LogP contribution is 2.40. The van der Waals surface area contributed by atoms with Crippen LogP contribution in [0, 0.1) is 0 Å². The molecule has 3 rings (SSSR count). The maximum Gasteiger partial charge on any atom is 0.352 e. The third-order valence-corrected chi connectivity index (χ3v) is 2.92. The summed E-state index contributed by atoms with van der Waals surface area (Å²) in [5.74, 6) is -0.197. The number of fused-ring (bicyclic) bond motifs is 1. The van der Waals surface area contributed by atoms with Crippen LogP contribution in [0.4, 0.5) is 0 Å². The summed E-state index contributed by atoms with van der Waals surface area (Å²) in [4.78, 5) is 13.7. The largest absolute Gasteiger partial charge is 0.477 e. The van der Waals surface area contributed by atoms with Crippen LogP contribution in [0.1, 0.15) is 34.8 Å². The molecule has 1 fully saturated rings. The Hall–Kier alpha value is -1.77. The van der Waals surface area contributed by atoms with Crippen molar-refractivity contribution in [3.8, 4) is 0 Å². The van der Waals surface area contributed by atoms with Crippen molar-refractivity contribution >= 4 is 16.9 Å². The normalized spacial score (nSPS) is 15.7. The molecule has 0 unspecified atom stereocenters. The summed E-state index contributed by atoms with van der Waals surface area (Å²) in [5.41, 5.74) is 2.49. The van der Waals surface area contributed by atoms with E-state index in [0.29, 0.717) is 5.92 Å². The fraction of sp³-hybridized carbons (Fsp3) is 0.250. The molecule has 3 nitrogen and oxygen atoms in total. The van der Waals surface area contributed by atoms with Crippen molar-refractivity contribution in [3.63, 3.8) is 0 Å². The minimum atomic E-state index is -0.904. The van der Waals surface area contributed by atoms with Gasteiger partial charge < -0.3 is 10.1 Å². The lowest BCUT2D eigenvalue weighted by atomic mass is 10.1. The van der Waals surface area contributed by atoms with Gasteiger partial charge in [0.15, 0.2) is 0 Å². The molecular weight excluding hydrogens is 190 g/mol. The highest BCUT2D eigenvalue weighted by molar-refractivity contribution is 5.93. The summed E-state index contributed by atoms with van der Waals surface area (Å²) in [7, 11) is 0. The molecule has 0 spiro atoms. The topological polar surface area (TPSA) is 53.1 Å². The van der Waals surface area contributed by atoms with Crippen LogP contribution < -0.4 is 0 Å². The van der Waals surface area contributed by atoms with Crippen molar-refractivity contribution in [3.05, 3.63) is 35.5 Å². The molecule has 2 aromatic rings. The van der Waals surface area contributed by atoms with Gasteiger partial charge in [-0.1, -0.05) is 6.07 Å². The first-order valence-corrected chi connectivity index (χ1v) is 5.10. The van der Waals surface area contributed by atoms with Crippen molar-refractivity contribution in [1.29, 1.82) is 0 Å². The van der Waals surface area contributed by atoms with Gasteiger partial charge in [0.25, 0.3) is 0 Å². The quantitative estimate of drug-likeness (QED) is 0.784. The summed E-state index contributed by atoms with van der Waals surface area (Å²) in [6.07, 6.45) is 2.53. The predicted molar refractivity (Wildman–Crippen MR) is 57.2 cm³/mol. The molecule has 0 atom stereocenters. The van der Waals surface area contributed by atoms with Crippen LogP contribution >= 0.6 is 0 Å². The second kappa shape index (κ2) is 2.86. The smallest absolute Gasteiger partial charge is 0.352 e. The number of aromatic amines is 1. The van der Waals surface area contributed by atoms with Gasteiger partial charge in [-0.3, -0.25) is 0 Å². The van der Waals surface area contributed by atoms with Crippen molar-refractivity contribution < 1.29 is 9.90 Å². The van der Waals surface area contributed by atoms with E-state index in [2.05, 4.69) is 17.1 Å². The second-order valence-corrected chi connectivity index (χ2v) is 4.11. The van der Waals surface area contributed by atoms with Crippen molar-refractivity contribution in [2.75, 3.05) is 0 Å². The van der Waals surface area contributed by atoms with Gasteiger partial charge in [0.2, 0.25) is 0 Å². The zero-order chi connectivity index (χ0) is 10.4. The first-order valence-electron chi connectivity index (χ1n) is 5.10. The van der Waals surface area contributed by atoms with E-state index in [1.165, 1.54) is 18.4 Å². The Morgan fingerprint density at radius 2 is 2.13 bits per heavy atom. The third-order valence-electron chi connectivity index (χ3n) is 2.92. The summed E-state index contributed by atoms with van der Waals surface area (Å²) < 4.78 is 0. The monoisotopic (exact) mass is 201 g/mol. The standard InChI is InChI=1S/C12H11NO2/c14-12(15)11-6-9-5-8(7-1-2-7)3-4-10(9)13-11/h3-7,13H,1-2H2,(H,14,15). The molecule has 0 saturated heterocycles. The first-order chi connectivity index (χ1) is 7.24. The Labute approximate surface area is 86.7 Å². The van der Waals surface area contributed by atoms with Crippen LogP contribution in [0.25, 0.3) is 10.9 Å². The summed E-state index contributed by atoms with van der Waals surface area (Å²) in [6.45, 7) is 0. The van der Waals surface area contributed by atoms with E-state index in [-0.39, 0.29) is 5.69 Å². The lowest BCUT2D eigenvalue weighted by Gasteiger charge is -1.96. The van der Waals surface area contributed by atoms with Gasteiger partial charge in [-0.15, -0.1) is 0 Å². The highest BCUT2D eigenvalue weighted by atomic mass is 16.4. The van der Waals surface area contributed by atoms with Crippen molar-refractivity contribution in [1.82, 2.24) is 4.98 Å². The molecule has 1 heterocycles. The van der Waals surface area contributed by atoms with E-state index in [0.717, 1.165) is 10.9 Å². The van der Waals surface area contributed by atoms with Crippen LogP contribution in [0.2, 0.25) is 0 Å². The van der Waals surface area contributed by atoms with E-state index in [4.69, 9.17) is 5.11 Å². The average molecular weight is 201 g/mol. The van der Waals surface area contributed by atoms with Crippen molar-refractivity contribution in [2.24, 2.45) is 0 Å². The minimum Gasteiger partial charge on any atom is -0.477 e. The molecule has 0 radical (unpaired) electrons. The van der Waals surface area contributed by atoms with Crippen LogP contribution in [-0.2, 0) is 0 Å². The fourth-order valence-electron chi connectivity index (χ4n) is 1.94. The molecule has 0 aliphatic heterocycles. The maximum atomic E-state index is 10.8. The van der Waals surface area contributed by atoms with Crippen LogP contribution in [0.5, 0.6) is 0 Å². The lowest BCUT2D eigenvalue weighted by Crippen LogP contribution is -1.94. The van der Waals surface area contributed by atoms with E-state index in [9.17, 15) is 4.79 Å². The fourth-order valence-corrected chi connectivity index (χ4v) is 1.94. The van der Waals surface area contributed by atoms with Gasteiger partial charge in [0, 0.05) is 10.9 Å². The van der Waals surface area contributed by atoms with Crippen LogP contribution in [-0.4, -0.2) is 16.1 Å². The van der Waals surface area contributed by atoms with Gasteiger partial charge in [-0.05, 0) is 42.5 Å². The van der Waals surface area contributed by atoms with Gasteiger partial charge >= 0.3 is 5.97 Å². The second-order valence-electron chi connectivity index (χ2n) is 4.11. The molecule has 0 amide bonds. The Balaban J connectivity index is 2.13. The summed E-state index contributed by atoms with van der Waals surface area (Å²) >= 11 is 0. The van der Waals surface area contributed by atoms with E-state index < -0.39 is 5.97 Å². The minimum absolute atomic E-state index is 0.262. The summed E-state index contributed by atoms with van der Waals surface area (Å²) in [5, 5.41) is 9.84. The molecule has 1 aliphatic carbocycles. The van der Waals surface area contributed by atoms with Gasteiger partial charge in [-0.25, -0.2) is 4.79 Å². The number of nitrogens with one attached hydrogen (secondary N) is 1. The average Bonchev–Trinajstić information content (AvgIpc) is 2.96. The van der Waals surface area contributed by atoms with Gasteiger partial charge in [0.1, 0.15) is 5.69 Å². The highest BCUT2D eigenvalue weighted by Gasteiger charge is 2.23. The number of carboxylic acids is 1. The predicted octanol–water partition coefficient (Wildman–Crippen LogP) is 2.74. The van der Waals surface area contributed by atoms with Gasteiger partial charge in [-0.2, -0.15) is 0 Å². The molecule has 1 aromatic heterocycles. The summed E-state index contributed by atoms with van der Waals surface area (Å²) in [6, 6.07) is 7.84. The number of rotatable bonds is 2. The molecule has 1 saturated carbocycles. The Morgan fingerprint density at radius 3 is 2.80 bits per heavy atom. The Morgan fingerprint density at radius 1 is 1.33 bits per heavy atom. The molecule has 15 heavy (non-hydrogen) atoms. The van der Waals surface area contributed by atoms with E-state index >= 15 is 0 Å². The van der Waals surface area contributed by atoms with Crippen molar-refractivity contribution in [2.45, 2.75) is 18.8 Å². The van der Waals surface area contributed by atoms with E-state index in [1.807, 2.05) is 6.07 Å². The number of hydrogen-bond donors (Lipinski definition) is 2. The number of aromatic nitrogens is 1. The molecule has 1 aromatic carbocycles. The SMILES string of the molecule is O=C(O)c1cc2cc(C3CC3)ccc2[nH]1. The Bertz CT molecular complexity index is 538. The first kappa shape index (κ1) is 8.53. The molecule has 2 N–H and O–H groups in total. The number of benzene rings is 1. The molecular formula is C12H11NO2. The maximum absolute atomic E-state index is 10.8. The number of carbonyl (C=O) groups is 1. The third kappa shape index (κ3) is 1.40.